The van der Waals surface area contributed by atoms with Crippen molar-refractivity contribution in [3.63, 3.8) is 0 Å². The second kappa shape index (κ2) is 2.77. The molecule has 50 valence electrons. The smallest absolute Gasteiger partial charge is 0.167 e. The Labute approximate surface area is 57.8 Å². The number of tetrazole rings is 1. The number of hydrogen-bond donors (Lipinski definition) is 0. The number of alkyl halides is 1. The van der Waals surface area contributed by atoms with Crippen LogP contribution >= 0.6 is 11.6 Å². The molecule has 0 aliphatic rings. The molecule has 0 fully saturated rings. The van der Waals surface area contributed by atoms with E-state index < -0.39 is 0 Å². The number of hydrogen-bond acceptors (Lipinski definition) is 3. The van der Waals surface area contributed by atoms with Crippen LogP contribution in [0.15, 0.2) is 0 Å². The second-order valence-electron chi connectivity index (χ2n) is 1.63. The third-order valence-corrected chi connectivity index (χ3v) is 1.06. The maximum atomic E-state index is 5.43. The molecule has 1 aromatic heterocycles. The van der Waals surface area contributed by atoms with Gasteiger partial charge in [0.2, 0.25) is 0 Å². The van der Waals surface area contributed by atoms with Crippen LogP contribution in [0.1, 0.15) is 5.82 Å². The number of aromatic nitrogens is 4. The maximum Gasteiger partial charge on any atom is 0.175 e. The molecule has 5 heteroatoms. The summed E-state index contributed by atoms with van der Waals surface area (Å²) in [5.41, 5.74) is 0. The highest BCUT2D eigenvalue weighted by Crippen LogP contribution is 1.88. The van der Waals surface area contributed by atoms with Crippen LogP contribution in [0.2, 0.25) is 0 Å². The summed E-state index contributed by atoms with van der Waals surface area (Å²) >= 11 is 5.43. The molecule has 1 heterocycles. The number of rotatable bonds is 2. The van der Waals surface area contributed by atoms with E-state index in [1.807, 2.05) is 0 Å². The topological polar surface area (TPSA) is 43.6 Å². The normalized spacial score (nSPS) is 10.0. The molecule has 0 saturated carbocycles. The van der Waals surface area contributed by atoms with Crippen LogP contribution in [-0.2, 0) is 13.5 Å². The van der Waals surface area contributed by atoms with Gasteiger partial charge in [0.15, 0.2) is 5.82 Å². The van der Waals surface area contributed by atoms with E-state index in [0.717, 1.165) is 0 Å². The molecule has 0 aliphatic heterocycles. The molecule has 0 amide bonds. The number of aryl methyl sites for hydroxylation is 2. The lowest BCUT2D eigenvalue weighted by Gasteiger charge is -1.81. The van der Waals surface area contributed by atoms with Crippen molar-refractivity contribution in [2.24, 2.45) is 7.05 Å². The highest BCUT2D eigenvalue weighted by Gasteiger charge is 1.96. The summed E-state index contributed by atoms with van der Waals surface area (Å²) in [5, 5.41) is 11.3. The third-order valence-electron chi connectivity index (χ3n) is 0.868. The van der Waals surface area contributed by atoms with Gasteiger partial charge in [-0.2, -0.15) is 4.80 Å². The molecule has 0 unspecified atom stereocenters. The zero-order chi connectivity index (χ0) is 6.69. The van der Waals surface area contributed by atoms with Crippen LogP contribution in [-0.4, -0.2) is 26.1 Å². The van der Waals surface area contributed by atoms with Crippen LogP contribution < -0.4 is 0 Å². The van der Waals surface area contributed by atoms with Crippen molar-refractivity contribution in [1.82, 2.24) is 20.2 Å². The van der Waals surface area contributed by atoms with Gasteiger partial charge in [-0.1, -0.05) is 0 Å². The Morgan fingerprint density at radius 2 is 2.44 bits per heavy atom. The molecular formula is C4H7ClN4. The lowest BCUT2D eigenvalue weighted by atomic mass is 10.5. The Morgan fingerprint density at radius 3 is 2.89 bits per heavy atom. The van der Waals surface area contributed by atoms with E-state index in [9.17, 15) is 0 Å². The Morgan fingerprint density at radius 1 is 1.67 bits per heavy atom. The lowest BCUT2D eigenvalue weighted by molar-refractivity contribution is 0.628. The van der Waals surface area contributed by atoms with E-state index in [1.165, 1.54) is 4.80 Å². The van der Waals surface area contributed by atoms with Gasteiger partial charge in [0.25, 0.3) is 0 Å². The van der Waals surface area contributed by atoms with Gasteiger partial charge in [0.1, 0.15) is 0 Å². The van der Waals surface area contributed by atoms with Crippen molar-refractivity contribution in [2.45, 2.75) is 6.42 Å². The summed E-state index contributed by atoms with van der Waals surface area (Å²) in [6, 6.07) is 0. The zero-order valence-corrected chi connectivity index (χ0v) is 5.84. The summed E-state index contributed by atoms with van der Waals surface area (Å²) in [6.07, 6.45) is 0.690. The van der Waals surface area contributed by atoms with Gasteiger partial charge in [-0.05, 0) is 5.21 Å². The summed E-state index contributed by atoms with van der Waals surface area (Å²) in [4.78, 5) is 1.42. The van der Waals surface area contributed by atoms with Crippen molar-refractivity contribution < 1.29 is 0 Å². The van der Waals surface area contributed by atoms with Crippen LogP contribution in [0.5, 0.6) is 0 Å². The molecule has 0 spiro atoms. The van der Waals surface area contributed by atoms with Gasteiger partial charge in [-0.25, -0.2) is 0 Å². The molecule has 4 nitrogen and oxygen atoms in total. The summed E-state index contributed by atoms with van der Waals surface area (Å²) < 4.78 is 0. The standard InChI is InChI=1S/C4H7ClN4/c1-9-7-4(2-3-5)6-8-9/h2-3H2,1H3. The largest absolute Gasteiger partial charge is 0.175 e. The molecule has 0 N–H and O–H groups in total. The Kier molecular flexibility index (Phi) is 2.00. The van der Waals surface area contributed by atoms with Crippen LogP contribution in [0.3, 0.4) is 0 Å². The summed E-state index contributed by atoms with van der Waals surface area (Å²) in [6.45, 7) is 0. The fraction of sp³-hybridized carbons (Fsp3) is 0.750. The van der Waals surface area contributed by atoms with E-state index in [0.29, 0.717) is 18.1 Å². The van der Waals surface area contributed by atoms with Gasteiger partial charge in [0.05, 0.1) is 7.05 Å². The first-order valence-corrected chi connectivity index (χ1v) is 3.15. The van der Waals surface area contributed by atoms with E-state index >= 15 is 0 Å². The predicted molar refractivity (Wildman–Crippen MR) is 33.2 cm³/mol. The third kappa shape index (κ3) is 1.64. The second-order valence-corrected chi connectivity index (χ2v) is 2.01. The van der Waals surface area contributed by atoms with Crippen molar-refractivity contribution in [3.05, 3.63) is 5.82 Å². The van der Waals surface area contributed by atoms with Gasteiger partial charge < -0.3 is 0 Å². The monoisotopic (exact) mass is 146 g/mol. The van der Waals surface area contributed by atoms with Crippen LogP contribution in [0, 0.1) is 0 Å². The number of halogens is 1. The van der Waals surface area contributed by atoms with Gasteiger partial charge >= 0.3 is 0 Å². The molecule has 1 aromatic rings. The minimum absolute atomic E-state index is 0.547. The molecular weight excluding hydrogens is 140 g/mol. The lowest BCUT2D eigenvalue weighted by Crippen LogP contribution is -1.93. The predicted octanol–water partition coefficient (Wildman–Crippen LogP) is -0.00860. The highest BCUT2D eigenvalue weighted by molar-refractivity contribution is 6.17. The fourth-order valence-electron chi connectivity index (χ4n) is 0.508. The Hall–Kier alpha value is -0.640. The average Bonchev–Trinajstić information content (AvgIpc) is 2.17. The van der Waals surface area contributed by atoms with Crippen molar-refractivity contribution in [1.29, 1.82) is 0 Å². The van der Waals surface area contributed by atoms with E-state index in [4.69, 9.17) is 11.6 Å². The quantitative estimate of drug-likeness (QED) is 0.552. The molecule has 0 radical (unpaired) electrons. The van der Waals surface area contributed by atoms with Crippen molar-refractivity contribution in [3.8, 4) is 0 Å². The van der Waals surface area contributed by atoms with E-state index in [1.54, 1.807) is 7.05 Å². The summed E-state index contributed by atoms with van der Waals surface area (Å²) in [7, 11) is 1.73. The molecule has 0 aromatic carbocycles. The molecule has 0 saturated heterocycles. The first-order chi connectivity index (χ1) is 4.33. The SMILES string of the molecule is Cn1nnc(CCCl)n1. The fourth-order valence-corrected chi connectivity index (χ4v) is 0.677. The van der Waals surface area contributed by atoms with Gasteiger partial charge in [0, 0.05) is 12.3 Å². The molecule has 0 bridgehead atoms. The van der Waals surface area contributed by atoms with Crippen molar-refractivity contribution >= 4 is 11.6 Å². The molecule has 9 heavy (non-hydrogen) atoms. The summed E-state index contributed by atoms with van der Waals surface area (Å²) in [5.74, 6) is 1.25. The van der Waals surface area contributed by atoms with Crippen LogP contribution in [0.25, 0.3) is 0 Å². The van der Waals surface area contributed by atoms with Gasteiger partial charge in [-0.15, -0.1) is 21.8 Å². The Balaban J connectivity index is 2.61. The van der Waals surface area contributed by atoms with E-state index in [-0.39, 0.29) is 0 Å². The average molecular weight is 147 g/mol. The zero-order valence-electron chi connectivity index (χ0n) is 5.08. The maximum absolute atomic E-state index is 5.43. The number of nitrogens with zero attached hydrogens (tertiary/aromatic N) is 4. The molecule has 0 atom stereocenters. The van der Waals surface area contributed by atoms with Gasteiger partial charge in [-0.3, -0.25) is 0 Å². The van der Waals surface area contributed by atoms with Crippen molar-refractivity contribution in [2.75, 3.05) is 5.88 Å². The van der Waals surface area contributed by atoms with Crippen LogP contribution in [0.4, 0.5) is 0 Å². The minimum atomic E-state index is 0.547. The molecule has 0 aliphatic carbocycles. The first-order valence-electron chi connectivity index (χ1n) is 2.62. The highest BCUT2D eigenvalue weighted by atomic mass is 35.5. The Bertz CT molecular complexity index is 184. The first kappa shape index (κ1) is 6.48. The molecule has 1 rings (SSSR count). The van der Waals surface area contributed by atoms with E-state index in [2.05, 4.69) is 15.4 Å². The minimum Gasteiger partial charge on any atom is -0.167 e.